The summed E-state index contributed by atoms with van der Waals surface area (Å²) in [7, 11) is -1.49. The molecule has 0 aliphatic rings. The van der Waals surface area contributed by atoms with E-state index in [-0.39, 0.29) is 16.8 Å². The molecule has 0 saturated carbocycles. The number of hydrogen-bond acceptors (Lipinski definition) is 6. The minimum Gasteiger partial charge on any atom is -0.382 e. The molecule has 0 aromatic carbocycles. The van der Waals surface area contributed by atoms with Crippen LogP contribution in [-0.2, 0) is 9.84 Å². The molecule has 0 aliphatic heterocycles. The number of nitrogen functional groups attached to an aromatic ring is 1. The third kappa shape index (κ3) is 2.40. The maximum Gasteiger partial charge on any atom is 0.182 e. The van der Waals surface area contributed by atoms with E-state index in [9.17, 15) is 8.42 Å². The third-order valence-electron chi connectivity index (χ3n) is 2.12. The first-order valence-corrected chi connectivity index (χ1v) is 7.09. The van der Waals surface area contributed by atoms with Crippen LogP contribution in [-0.4, -0.2) is 32.1 Å². The van der Waals surface area contributed by atoms with E-state index in [1.807, 2.05) is 25.8 Å². The Kier molecular flexibility index (Phi) is 3.25. The number of rotatable bonds is 3. The van der Waals surface area contributed by atoms with E-state index in [2.05, 4.69) is 4.37 Å². The van der Waals surface area contributed by atoms with Crippen molar-refractivity contribution in [2.75, 3.05) is 23.9 Å². The van der Waals surface area contributed by atoms with Gasteiger partial charge in [0.15, 0.2) is 15.7 Å². The highest BCUT2D eigenvalue weighted by Gasteiger charge is 2.24. The van der Waals surface area contributed by atoms with Crippen LogP contribution in [0.4, 0.5) is 10.8 Å². The highest BCUT2D eigenvalue weighted by Crippen LogP contribution is 2.34. The number of nitrogens with zero attached hydrogens (tertiary/aromatic N) is 2. The average Bonchev–Trinajstić information content (AvgIpc) is 2.44. The van der Waals surface area contributed by atoms with Gasteiger partial charge in [0.05, 0.1) is 0 Å². The number of sulfone groups is 1. The zero-order chi connectivity index (χ0) is 11.8. The first kappa shape index (κ1) is 12.3. The predicted molar refractivity (Wildman–Crippen MR) is 63.2 cm³/mol. The molecule has 15 heavy (non-hydrogen) atoms. The molecule has 5 nitrogen and oxygen atoms in total. The van der Waals surface area contributed by atoms with Crippen molar-refractivity contribution in [2.45, 2.75) is 24.8 Å². The van der Waals surface area contributed by atoms with E-state index in [0.717, 1.165) is 17.8 Å². The minimum absolute atomic E-state index is 0.0880. The molecule has 0 aliphatic carbocycles. The Balaban J connectivity index is 3.34. The molecular weight excluding hydrogens is 234 g/mol. The van der Waals surface area contributed by atoms with Gasteiger partial charge < -0.3 is 10.6 Å². The molecule has 0 bridgehead atoms. The summed E-state index contributed by atoms with van der Waals surface area (Å²) in [5.74, 6) is 0.0880. The van der Waals surface area contributed by atoms with Gasteiger partial charge in [-0.2, -0.15) is 4.37 Å². The number of hydrogen-bond donors (Lipinski definition) is 1. The lowest BCUT2D eigenvalue weighted by molar-refractivity contribution is 0.602. The zero-order valence-corrected chi connectivity index (χ0v) is 10.8. The van der Waals surface area contributed by atoms with Crippen molar-refractivity contribution in [1.82, 2.24) is 4.37 Å². The van der Waals surface area contributed by atoms with E-state index in [1.54, 1.807) is 0 Å². The van der Waals surface area contributed by atoms with Crippen molar-refractivity contribution in [3.63, 3.8) is 0 Å². The third-order valence-corrected chi connectivity index (χ3v) is 4.35. The highest BCUT2D eigenvalue weighted by atomic mass is 32.2. The van der Waals surface area contributed by atoms with E-state index in [0.29, 0.717) is 5.00 Å². The molecule has 0 radical (unpaired) electrons. The second-order valence-electron chi connectivity index (χ2n) is 3.68. The van der Waals surface area contributed by atoms with Gasteiger partial charge in [0.1, 0.15) is 9.90 Å². The summed E-state index contributed by atoms with van der Waals surface area (Å²) in [5.41, 5.74) is 5.56. The molecule has 0 spiro atoms. The molecule has 7 heteroatoms. The molecule has 1 aromatic heterocycles. The Morgan fingerprint density at radius 3 is 2.40 bits per heavy atom. The van der Waals surface area contributed by atoms with Crippen LogP contribution in [0.25, 0.3) is 0 Å². The van der Waals surface area contributed by atoms with Crippen LogP contribution in [0.3, 0.4) is 0 Å². The van der Waals surface area contributed by atoms with Crippen molar-refractivity contribution in [2.24, 2.45) is 0 Å². The van der Waals surface area contributed by atoms with E-state index >= 15 is 0 Å². The van der Waals surface area contributed by atoms with Gasteiger partial charge in [0.2, 0.25) is 0 Å². The fourth-order valence-electron chi connectivity index (χ4n) is 1.09. The molecule has 86 valence electrons. The van der Waals surface area contributed by atoms with Crippen molar-refractivity contribution >= 4 is 32.2 Å². The molecule has 1 heterocycles. The molecule has 0 unspecified atom stereocenters. The number of nitrogens with two attached hydrogens (primary N) is 1. The van der Waals surface area contributed by atoms with Crippen LogP contribution in [0.2, 0.25) is 0 Å². The van der Waals surface area contributed by atoms with Crippen molar-refractivity contribution in [3.05, 3.63) is 0 Å². The lowest BCUT2D eigenvalue weighted by Gasteiger charge is -2.22. The summed E-state index contributed by atoms with van der Waals surface area (Å²) >= 11 is 1.11. The van der Waals surface area contributed by atoms with Crippen LogP contribution in [0.1, 0.15) is 13.8 Å². The van der Waals surface area contributed by atoms with Crippen LogP contribution in [0.15, 0.2) is 4.90 Å². The SMILES string of the molecule is CC(C)N(C)c1snc(N)c1S(C)(=O)=O. The molecule has 2 N–H and O–H groups in total. The van der Waals surface area contributed by atoms with Gasteiger partial charge in [-0.25, -0.2) is 8.42 Å². The first-order chi connectivity index (χ1) is 6.75. The van der Waals surface area contributed by atoms with Crippen molar-refractivity contribution < 1.29 is 8.42 Å². The standard InChI is InChI=1S/C8H15N3O2S2/c1-5(2)11(3)8-6(15(4,12)13)7(9)10-14-8/h5H,1-4H3,(H2,9,10). The van der Waals surface area contributed by atoms with Crippen LogP contribution in [0.5, 0.6) is 0 Å². The summed E-state index contributed by atoms with van der Waals surface area (Å²) < 4.78 is 26.9. The second kappa shape index (κ2) is 3.97. The van der Waals surface area contributed by atoms with E-state index in [4.69, 9.17) is 5.73 Å². The average molecular weight is 249 g/mol. The predicted octanol–water partition coefficient (Wildman–Crippen LogP) is 0.973. The highest BCUT2D eigenvalue weighted by molar-refractivity contribution is 7.91. The molecule has 0 atom stereocenters. The Labute approximate surface area is 94.0 Å². The number of anilines is 2. The van der Waals surface area contributed by atoms with Crippen LogP contribution >= 0.6 is 11.5 Å². The van der Waals surface area contributed by atoms with Gasteiger partial charge in [0, 0.05) is 19.3 Å². The summed E-state index contributed by atoms with van der Waals surface area (Å²) in [6.45, 7) is 3.95. The quantitative estimate of drug-likeness (QED) is 0.864. The lowest BCUT2D eigenvalue weighted by atomic mass is 10.3. The normalized spacial score (nSPS) is 12.1. The van der Waals surface area contributed by atoms with Crippen LogP contribution in [0, 0.1) is 0 Å². The van der Waals surface area contributed by atoms with Gasteiger partial charge in [-0.05, 0) is 25.4 Å². The summed E-state index contributed by atoms with van der Waals surface area (Å²) in [4.78, 5) is 1.99. The first-order valence-electron chi connectivity index (χ1n) is 4.43. The lowest BCUT2D eigenvalue weighted by Crippen LogP contribution is -2.26. The zero-order valence-electron chi connectivity index (χ0n) is 9.18. The molecule has 0 fully saturated rings. The second-order valence-corrected chi connectivity index (χ2v) is 6.38. The Hall–Kier alpha value is -0.820. The van der Waals surface area contributed by atoms with E-state index in [1.165, 1.54) is 0 Å². The van der Waals surface area contributed by atoms with Gasteiger partial charge in [0.25, 0.3) is 0 Å². The van der Waals surface area contributed by atoms with Crippen molar-refractivity contribution in [3.8, 4) is 0 Å². The Morgan fingerprint density at radius 2 is 2.00 bits per heavy atom. The maximum atomic E-state index is 11.5. The molecule has 1 aromatic rings. The van der Waals surface area contributed by atoms with Gasteiger partial charge in [-0.3, -0.25) is 0 Å². The number of aromatic nitrogens is 1. The fraction of sp³-hybridized carbons (Fsp3) is 0.625. The Bertz CT molecular complexity index is 450. The monoisotopic (exact) mass is 249 g/mol. The molecule has 0 saturated heterocycles. The molecule has 1 rings (SSSR count). The van der Waals surface area contributed by atoms with Gasteiger partial charge in [-0.15, -0.1) is 0 Å². The van der Waals surface area contributed by atoms with Crippen LogP contribution < -0.4 is 10.6 Å². The van der Waals surface area contributed by atoms with Crippen molar-refractivity contribution in [1.29, 1.82) is 0 Å². The Morgan fingerprint density at radius 1 is 1.47 bits per heavy atom. The topological polar surface area (TPSA) is 76.3 Å². The minimum atomic E-state index is -3.32. The summed E-state index contributed by atoms with van der Waals surface area (Å²) in [6.07, 6.45) is 1.14. The van der Waals surface area contributed by atoms with E-state index < -0.39 is 9.84 Å². The molecular formula is C8H15N3O2S2. The largest absolute Gasteiger partial charge is 0.382 e. The fourth-order valence-corrected chi connectivity index (χ4v) is 3.41. The smallest absolute Gasteiger partial charge is 0.182 e. The maximum absolute atomic E-state index is 11.5. The summed E-state index contributed by atoms with van der Waals surface area (Å²) in [6, 6.07) is 0.199. The molecule has 0 amide bonds. The summed E-state index contributed by atoms with van der Waals surface area (Å²) in [5, 5.41) is 0.602. The van der Waals surface area contributed by atoms with Gasteiger partial charge >= 0.3 is 0 Å². The van der Waals surface area contributed by atoms with Gasteiger partial charge in [-0.1, -0.05) is 0 Å².